The third-order valence-electron chi connectivity index (χ3n) is 1.35. The number of Topliss-reactive ketones (excluding diaryl/α,β-unsaturated/α-hetero) is 1. The Kier molecular flexibility index (Phi) is 3.75. The fourth-order valence-corrected chi connectivity index (χ4v) is 2.08. The average molecular weight is 248 g/mol. The fraction of sp³-hybridized carbons (Fsp3) is 0.375. The minimum Gasteiger partial charge on any atom is -0.376 e. The largest absolute Gasteiger partial charge is 0.376 e. The molecule has 0 bridgehead atoms. The number of carbonyl (C=O) groups excluding carboxylic acids is 1. The van der Waals surface area contributed by atoms with Gasteiger partial charge in [-0.2, -0.15) is 0 Å². The molecule has 1 aromatic rings. The summed E-state index contributed by atoms with van der Waals surface area (Å²) < 4.78 is 1.10. The van der Waals surface area contributed by atoms with Gasteiger partial charge in [-0.25, -0.2) is 0 Å². The molecule has 0 amide bonds. The molecular formula is C8H10BrNOS. The molecule has 1 heterocycles. The van der Waals surface area contributed by atoms with Gasteiger partial charge in [-0.15, -0.1) is 11.3 Å². The van der Waals surface area contributed by atoms with Gasteiger partial charge >= 0.3 is 0 Å². The fourth-order valence-electron chi connectivity index (χ4n) is 0.771. The lowest BCUT2D eigenvalue weighted by Gasteiger charge is -1.99. The van der Waals surface area contributed by atoms with E-state index in [4.69, 9.17) is 0 Å². The Morgan fingerprint density at radius 1 is 1.67 bits per heavy atom. The normalized spacial score (nSPS) is 9.83. The van der Waals surface area contributed by atoms with Crippen LogP contribution in [0.3, 0.4) is 0 Å². The van der Waals surface area contributed by atoms with E-state index in [0.29, 0.717) is 6.42 Å². The summed E-state index contributed by atoms with van der Waals surface area (Å²) in [7, 11) is 0. The highest BCUT2D eigenvalue weighted by molar-refractivity contribution is 9.11. The van der Waals surface area contributed by atoms with E-state index in [1.807, 2.05) is 12.1 Å². The molecule has 0 spiro atoms. The summed E-state index contributed by atoms with van der Waals surface area (Å²) in [5, 5.41) is 4.26. The van der Waals surface area contributed by atoms with Gasteiger partial charge in [0.25, 0.3) is 0 Å². The summed E-state index contributed by atoms with van der Waals surface area (Å²) in [5.41, 5.74) is 0. The standard InChI is InChI=1S/C8H10BrNOS/c1-6(11)4-5-10-8-3-2-7(9)12-8/h2-3,10H,4-5H2,1H3. The Hall–Kier alpha value is -0.350. The Labute approximate surface area is 84.1 Å². The minimum absolute atomic E-state index is 0.220. The summed E-state index contributed by atoms with van der Waals surface area (Å²) in [6.07, 6.45) is 0.593. The number of hydrogen-bond acceptors (Lipinski definition) is 3. The van der Waals surface area contributed by atoms with Crippen molar-refractivity contribution in [2.45, 2.75) is 13.3 Å². The van der Waals surface area contributed by atoms with Crippen molar-refractivity contribution in [2.24, 2.45) is 0 Å². The molecule has 0 aliphatic heterocycles. The molecule has 0 fully saturated rings. The third kappa shape index (κ3) is 3.36. The number of ketones is 1. The molecule has 1 rings (SSSR count). The van der Waals surface area contributed by atoms with E-state index >= 15 is 0 Å². The summed E-state index contributed by atoms with van der Waals surface area (Å²) in [6.45, 7) is 2.33. The summed E-state index contributed by atoms with van der Waals surface area (Å²) in [5.74, 6) is 0.220. The van der Waals surface area contributed by atoms with Crippen molar-refractivity contribution < 1.29 is 4.79 Å². The number of carbonyl (C=O) groups is 1. The lowest BCUT2D eigenvalue weighted by molar-refractivity contribution is -0.116. The average Bonchev–Trinajstić information content (AvgIpc) is 2.35. The molecule has 0 unspecified atom stereocenters. The SMILES string of the molecule is CC(=O)CCNc1ccc(Br)s1. The zero-order valence-electron chi connectivity index (χ0n) is 6.76. The number of anilines is 1. The van der Waals surface area contributed by atoms with Crippen molar-refractivity contribution >= 4 is 38.1 Å². The first-order valence-electron chi connectivity index (χ1n) is 3.67. The maximum atomic E-state index is 10.6. The summed E-state index contributed by atoms with van der Waals surface area (Å²) >= 11 is 5.00. The van der Waals surface area contributed by atoms with Crippen LogP contribution in [0, 0.1) is 0 Å². The van der Waals surface area contributed by atoms with Gasteiger partial charge in [-0.3, -0.25) is 4.79 Å². The van der Waals surface area contributed by atoms with Crippen molar-refractivity contribution in [1.29, 1.82) is 0 Å². The highest BCUT2D eigenvalue weighted by Gasteiger charge is 1.96. The Morgan fingerprint density at radius 2 is 2.42 bits per heavy atom. The van der Waals surface area contributed by atoms with E-state index in [1.165, 1.54) is 0 Å². The number of rotatable bonds is 4. The molecule has 0 atom stereocenters. The summed E-state index contributed by atoms with van der Waals surface area (Å²) in [4.78, 5) is 10.6. The zero-order valence-corrected chi connectivity index (χ0v) is 9.17. The van der Waals surface area contributed by atoms with Gasteiger partial charge in [0.05, 0.1) is 8.79 Å². The Morgan fingerprint density at radius 3 is 2.92 bits per heavy atom. The lowest BCUT2D eigenvalue weighted by atomic mass is 10.3. The van der Waals surface area contributed by atoms with Crippen LogP contribution in [-0.2, 0) is 4.79 Å². The van der Waals surface area contributed by atoms with Crippen LogP contribution in [0.15, 0.2) is 15.9 Å². The van der Waals surface area contributed by atoms with Crippen LogP contribution in [-0.4, -0.2) is 12.3 Å². The molecule has 12 heavy (non-hydrogen) atoms. The van der Waals surface area contributed by atoms with Crippen molar-refractivity contribution in [3.05, 3.63) is 15.9 Å². The molecule has 0 aliphatic rings. The van der Waals surface area contributed by atoms with Crippen LogP contribution < -0.4 is 5.32 Å². The second kappa shape index (κ2) is 4.62. The van der Waals surface area contributed by atoms with E-state index < -0.39 is 0 Å². The first-order valence-corrected chi connectivity index (χ1v) is 5.28. The second-order valence-corrected chi connectivity index (χ2v) is 4.95. The molecule has 2 nitrogen and oxygen atoms in total. The predicted molar refractivity (Wildman–Crippen MR) is 55.8 cm³/mol. The van der Waals surface area contributed by atoms with Crippen LogP contribution in [0.5, 0.6) is 0 Å². The van der Waals surface area contributed by atoms with Gasteiger partial charge in [0.1, 0.15) is 5.78 Å². The van der Waals surface area contributed by atoms with Gasteiger partial charge in [0, 0.05) is 13.0 Å². The van der Waals surface area contributed by atoms with E-state index in [9.17, 15) is 4.79 Å². The number of thiophene rings is 1. The van der Waals surface area contributed by atoms with Crippen LogP contribution in [0.25, 0.3) is 0 Å². The molecule has 0 saturated carbocycles. The van der Waals surface area contributed by atoms with Crippen LogP contribution in [0.2, 0.25) is 0 Å². The molecule has 1 N–H and O–H groups in total. The third-order valence-corrected chi connectivity index (χ3v) is 2.93. The lowest BCUT2D eigenvalue weighted by Crippen LogP contribution is -2.04. The topological polar surface area (TPSA) is 29.1 Å². The monoisotopic (exact) mass is 247 g/mol. The van der Waals surface area contributed by atoms with Gasteiger partial charge < -0.3 is 5.32 Å². The van der Waals surface area contributed by atoms with E-state index in [-0.39, 0.29) is 5.78 Å². The van der Waals surface area contributed by atoms with Gasteiger partial charge in [0.15, 0.2) is 0 Å². The second-order valence-electron chi connectivity index (χ2n) is 2.48. The van der Waals surface area contributed by atoms with Crippen molar-refractivity contribution in [3.8, 4) is 0 Å². The number of hydrogen-bond donors (Lipinski definition) is 1. The minimum atomic E-state index is 0.220. The summed E-state index contributed by atoms with van der Waals surface area (Å²) in [6, 6.07) is 3.98. The van der Waals surface area contributed by atoms with E-state index in [0.717, 1.165) is 15.3 Å². The Balaban J connectivity index is 2.29. The molecule has 0 saturated heterocycles. The highest BCUT2D eigenvalue weighted by Crippen LogP contribution is 2.26. The van der Waals surface area contributed by atoms with Crippen molar-refractivity contribution in [1.82, 2.24) is 0 Å². The van der Waals surface area contributed by atoms with Crippen LogP contribution >= 0.6 is 27.3 Å². The maximum absolute atomic E-state index is 10.6. The van der Waals surface area contributed by atoms with Crippen LogP contribution in [0.4, 0.5) is 5.00 Å². The van der Waals surface area contributed by atoms with Gasteiger partial charge in [-0.1, -0.05) is 0 Å². The van der Waals surface area contributed by atoms with Crippen molar-refractivity contribution in [3.63, 3.8) is 0 Å². The quantitative estimate of drug-likeness (QED) is 0.887. The van der Waals surface area contributed by atoms with Gasteiger partial charge in [-0.05, 0) is 35.0 Å². The molecule has 66 valence electrons. The van der Waals surface area contributed by atoms with Crippen molar-refractivity contribution in [2.75, 3.05) is 11.9 Å². The Bertz CT molecular complexity index is 272. The molecule has 1 aromatic heterocycles. The van der Waals surface area contributed by atoms with E-state index in [2.05, 4.69) is 21.2 Å². The van der Waals surface area contributed by atoms with Gasteiger partial charge in [0.2, 0.25) is 0 Å². The molecule has 0 aromatic carbocycles. The predicted octanol–water partition coefficient (Wildman–Crippen LogP) is 2.90. The van der Waals surface area contributed by atoms with Crippen LogP contribution in [0.1, 0.15) is 13.3 Å². The molecule has 0 radical (unpaired) electrons. The first-order chi connectivity index (χ1) is 5.68. The highest BCUT2D eigenvalue weighted by atomic mass is 79.9. The molecular weight excluding hydrogens is 238 g/mol. The van der Waals surface area contributed by atoms with E-state index in [1.54, 1.807) is 18.3 Å². The maximum Gasteiger partial charge on any atom is 0.131 e. The smallest absolute Gasteiger partial charge is 0.131 e. The number of nitrogens with one attached hydrogen (secondary N) is 1. The zero-order chi connectivity index (χ0) is 8.97. The number of halogens is 1. The molecule has 4 heteroatoms. The first kappa shape index (κ1) is 9.74. The molecule has 0 aliphatic carbocycles.